The Hall–Kier alpha value is -1.26. The van der Waals surface area contributed by atoms with E-state index in [1.54, 1.807) is 0 Å². The normalized spacial score (nSPS) is 12.7. The Balaban J connectivity index is 3.56. The summed E-state index contributed by atoms with van der Waals surface area (Å²) in [6.07, 6.45) is 3.22. The summed E-state index contributed by atoms with van der Waals surface area (Å²) in [4.78, 5) is 10.0. The van der Waals surface area contributed by atoms with Crippen LogP contribution in [-0.2, 0) is 9.53 Å². The van der Waals surface area contributed by atoms with E-state index in [4.69, 9.17) is 0 Å². The van der Waals surface area contributed by atoms with E-state index in [0.717, 1.165) is 32.1 Å². The van der Waals surface area contributed by atoms with Gasteiger partial charge in [0.2, 0.25) is 0 Å². The quantitative estimate of drug-likeness (QED) is 0.193. The second-order valence-electron chi connectivity index (χ2n) is 5.18. The summed E-state index contributed by atoms with van der Waals surface area (Å²) < 4.78 is 42.5. The molecule has 0 amide bonds. The van der Waals surface area contributed by atoms with Crippen LogP contribution >= 0.6 is 0 Å². The van der Waals surface area contributed by atoms with Gasteiger partial charge in [0.1, 0.15) is 5.76 Å². The van der Waals surface area contributed by atoms with E-state index in [9.17, 15) is 18.0 Å². The van der Waals surface area contributed by atoms with Crippen molar-refractivity contribution in [3.05, 3.63) is 25.0 Å². The molecule has 1 atom stereocenters. The lowest BCUT2D eigenvalue weighted by Gasteiger charge is -2.18. The summed E-state index contributed by atoms with van der Waals surface area (Å²) in [5, 5.41) is 0. The predicted molar refractivity (Wildman–Crippen MR) is 77.6 cm³/mol. The lowest BCUT2D eigenvalue weighted by atomic mass is 9.96. The van der Waals surface area contributed by atoms with Crippen LogP contribution in [0.4, 0.5) is 13.2 Å². The molecule has 0 saturated carbocycles. The van der Waals surface area contributed by atoms with E-state index >= 15 is 0 Å². The van der Waals surface area contributed by atoms with E-state index in [1.807, 2.05) is 0 Å². The van der Waals surface area contributed by atoms with Gasteiger partial charge in [0.25, 0.3) is 6.47 Å². The number of alkyl halides is 3. The van der Waals surface area contributed by atoms with Crippen LogP contribution in [0.25, 0.3) is 0 Å². The van der Waals surface area contributed by atoms with Crippen molar-refractivity contribution in [1.29, 1.82) is 0 Å². The van der Waals surface area contributed by atoms with Gasteiger partial charge in [-0.1, -0.05) is 44.8 Å². The first-order valence-corrected chi connectivity index (χ1v) is 7.37. The molecule has 0 aliphatic carbocycles. The Morgan fingerprint density at radius 3 is 2.19 bits per heavy atom. The molecule has 0 N–H and O–H groups in total. The Kier molecular flexibility index (Phi) is 10.7. The predicted octanol–water partition coefficient (Wildman–Crippen LogP) is 5.55. The number of carbonyl (C=O) groups is 1. The van der Waals surface area contributed by atoms with Gasteiger partial charge in [0.05, 0.1) is 5.92 Å². The Bertz CT molecular complexity index is 311. The van der Waals surface area contributed by atoms with Gasteiger partial charge in [-0.3, -0.25) is 4.79 Å². The van der Waals surface area contributed by atoms with Gasteiger partial charge < -0.3 is 4.74 Å². The Morgan fingerprint density at radius 1 is 1.10 bits per heavy atom. The van der Waals surface area contributed by atoms with Gasteiger partial charge in [0.15, 0.2) is 0 Å². The summed E-state index contributed by atoms with van der Waals surface area (Å²) >= 11 is 0. The van der Waals surface area contributed by atoms with Crippen LogP contribution in [0, 0.1) is 5.92 Å². The van der Waals surface area contributed by atoms with Crippen molar-refractivity contribution in [1.82, 2.24) is 0 Å². The number of rotatable bonds is 13. The van der Waals surface area contributed by atoms with Crippen molar-refractivity contribution in [3.63, 3.8) is 0 Å². The molecule has 0 radical (unpaired) electrons. The fourth-order valence-corrected chi connectivity index (χ4v) is 2.16. The molecule has 122 valence electrons. The summed E-state index contributed by atoms with van der Waals surface area (Å²) in [6, 6.07) is 0. The second kappa shape index (κ2) is 11.4. The van der Waals surface area contributed by atoms with Crippen molar-refractivity contribution >= 4 is 6.47 Å². The van der Waals surface area contributed by atoms with E-state index in [2.05, 4.69) is 17.9 Å². The molecule has 0 rings (SSSR count). The maximum absolute atomic E-state index is 12.6. The average molecular weight is 306 g/mol. The summed E-state index contributed by atoms with van der Waals surface area (Å²) in [6.45, 7) is 7.33. The molecule has 0 aromatic carbocycles. The molecule has 0 bridgehead atoms. The molecular formula is C16H25F3O2. The third-order valence-corrected chi connectivity index (χ3v) is 3.39. The van der Waals surface area contributed by atoms with E-state index in [1.165, 1.54) is 6.08 Å². The highest BCUT2D eigenvalue weighted by Gasteiger charge is 2.37. The van der Waals surface area contributed by atoms with Crippen molar-refractivity contribution in [2.24, 2.45) is 5.92 Å². The van der Waals surface area contributed by atoms with Gasteiger partial charge in [-0.25, -0.2) is 0 Å². The van der Waals surface area contributed by atoms with Crippen LogP contribution < -0.4 is 0 Å². The van der Waals surface area contributed by atoms with E-state index < -0.39 is 12.1 Å². The molecule has 21 heavy (non-hydrogen) atoms. The minimum atomic E-state index is -4.12. The minimum absolute atomic E-state index is 0.00233. The standard InChI is InChI=1S/C16H25F3O2/c1-3-10-15(16(17,18)19)12-9-7-5-4-6-8-11-14(2)21-13-20/h3,13,15H,1-2,4-12H2/t15-/m0/s1. The van der Waals surface area contributed by atoms with Crippen molar-refractivity contribution in [2.75, 3.05) is 0 Å². The molecule has 0 saturated heterocycles. The van der Waals surface area contributed by atoms with Crippen LogP contribution in [0.3, 0.4) is 0 Å². The zero-order chi connectivity index (χ0) is 16.1. The molecule has 0 spiro atoms. The van der Waals surface area contributed by atoms with Crippen LogP contribution in [0.1, 0.15) is 57.8 Å². The first-order chi connectivity index (χ1) is 9.91. The highest BCUT2D eigenvalue weighted by atomic mass is 19.4. The smallest absolute Gasteiger partial charge is 0.392 e. The van der Waals surface area contributed by atoms with Crippen LogP contribution in [0.2, 0.25) is 0 Å². The van der Waals surface area contributed by atoms with Crippen LogP contribution in [0.15, 0.2) is 25.0 Å². The monoisotopic (exact) mass is 306 g/mol. The number of hydrogen-bond acceptors (Lipinski definition) is 2. The number of carbonyl (C=O) groups excluding carboxylic acids is 1. The fraction of sp³-hybridized carbons (Fsp3) is 0.688. The van der Waals surface area contributed by atoms with Crippen molar-refractivity contribution < 1.29 is 22.7 Å². The molecule has 0 heterocycles. The van der Waals surface area contributed by atoms with Gasteiger partial charge >= 0.3 is 6.18 Å². The zero-order valence-corrected chi connectivity index (χ0v) is 12.5. The molecule has 0 aromatic rings. The minimum Gasteiger partial charge on any atom is -0.434 e. The van der Waals surface area contributed by atoms with Crippen molar-refractivity contribution in [3.8, 4) is 0 Å². The molecule has 0 aliphatic rings. The largest absolute Gasteiger partial charge is 0.434 e. The van der Waals surface area contributed by atoms with Gasteiger partial charge in [-0.05, 0) is 19.3 Å². The first kappa shape index (κ1) is 19.7. The van der Waals surface area contributed by atoms with Gasteiger partial charge in [0, 0.05) is 6.42 Å². The lowest BCUT2D eigenvalue weighted by molar-refractivity contribution is -0.175. The maximum Gasteiger partial charge on any atom is 0.392 e. The fourth-order valence-electron chi connectivity index (χ4n) is 2.16. The Morgan fingerprint density at radius 2 is 1.67 bits per heavy atom. The highest BCUT2D eigenvalue weighted by molar-refractivity contribution is 5.39. The zero-order valence-electron chi connectivity index (χ0n) is 12.5. The third kappa shape index (κ3) is 11.1. The molecule has 0 aromatic heterocycles. The number of unbranched alkanes of at least 4 members (excludes halogenated alkanes) is 5. The van der Waals surface area contributed by atoms with Crippen molar-refractivity contribution in [2.45, 2.75) is 64.0 Å². The maximum atomic E-state index is 12.6. The molecule has 2 nitrogen and oxygen atoms in total. The SMILES string of the molecule is C=CC[C@@H](CCCCCCCCC(=C)OC=O)C(F)(F)F. The summed E-state index contributed by atoms with van der Waals surface area (Å²) in [5.74, 6) is -0.791. The molecule has 0 fully saturated rings. The molecule has 5 heteroatoms. The molecule has 0 unspecified atom stereocenters. The topological polar surface area (TPSA) is 26.3 Å². The highest BCUT2D eigenvalue weighted by Crippen LogP contribution is 2.33. The number of halogens is 3. The number of ether oxygens (including phenoxy) is 1. The first-order valence-electron chi connectivity index (χ1n) is 7.37. The Labute approximate surface area is 125 Å². The van der Waals surface area contributed by atoms with Gasteiger partial charge in [-0.2, -0.15) is 13.2 Å². The third-order valence-electron chi connectivity index (χ3n) is 3.39. The van der Waals surface area contributed by atoms with E-state index in [-0.39, 0.29) is 12.8 Å². The summed E-state index contributed by atoms with van der Waals surface area (Å²) in [7, 11) is 0. The average Bonchev–Trinajstić information content (AvgIpc) is 2.39. The molecular weight excluding hydrogens is 281 g/mol. The number of hydrogen-bond donors (Lipinski definition) is 0. The van der Waals surface area contributed by atoms with Crippen LogP contribution in [-0.4, -0.2) is 12.6 Å². The number of allylic oxidation sites excluding steroid dienone is 2. The second-order valence-corrected chi connectivity index (χ2v) is 5.18. The van der Waals surface area contributed by atoms with Gasteiger partial charge in [-0.15, -0.1) is 6.58 Å². The lowest BCUT2D eigenvalue weighted by Crippen LogP contribution is -2.22. The molecule has 0 aliphatic heterocycles. The van der Waals surface area contributed by atoms with E-state index in [0.29, 0.717) is 25.1 Å². The summed E-state index contributed by atoms with van der Waals surface area (Å²) in [5.41, 5.74) is 0. The van der Waals surface area contributed by atoms with Crippen LogP contribution in [0.5, 0.6) is 0 Å².